The molecule has 0 N–H and O–H groups in total. The third-order valence-corrected chi connectivity index (χ3v) is 14.4. The molecule has 1 fully saturated rings. The first-order chi connectivity index (χ1) is 22.7. The van der Waals surface area contributed by atoms with E-state index in [9.17, 15) is 0 Å². The number of nitrogens with zero attached hydrogens (tertiary/aromatic N) is 1. The largest absolute Gasteiger partial charge is 0.486 e. The minimum Gasteiger partial charge on any atom is -0.486 e. The van der Waals surface area contributed by atoms with E-state index in [2.05, 4.69) is 115 Å². The van der Waals surface area contributed by atoms with Crippen LogP contribution in [-0.4, -0.2) is 23.1 Å². The third-order valence-electron chi connectivity index (χ3n) is 14.4. The summed E-state index contributed by atoms with van der Waals surface area (Å²) in [4.78, 5) is 2.92. The summed E-state index contributed by atoms with van der Waals surface area (Å²) in [6.45, 7) is 2.74. The van der Waals surface area contributed by atoms with E-state index >= 15 is 0 Å². The molecule has 2 heteroatoms. The lowest BCUT2D eigenvalue weighted by Crippen LogP contribution is -2.54. The third kappa shape index (κ3) is 3.60. The van der Waals surface area contributed by atoms with Crippen LogP contribution in [0.25, 0.3) is 0 Å². The molecule has 1 spiro atoms. The van der Waals surface area contributed by atoms with E-state index < -0.39 is 0 Å². The Morgan fingerprint density at radius 1 is 0.783 bits per heavy atom. The SMILES string of the molecule is CC12CC=CCC1C1C=CC=CC1C21C2=C(C=CCC2)C2C=CC(N(C3=CCCC=C3)C3CC=CC4OC5=C(CCC=C5)C43)CC21. The van der Waals surface area contributed by atoms with Crippen LogP contribution in [0.3, 0.4) is 0 Å². The van der Waals surface area contributed by atoms with E-state index in [1.54, 1.807) is 11.1 Å². The summed E-state index contributed by atoms with van der Waals surface area (Å²) in [5.74, 6) is 4.73. The van der Waals surface area contributed by atoms with Gasteiger partial charge in [-0.25, -0.2) is 0 Å². The molecule has 0 aromatic rings. The van der Waals surface area contributed by atoms with Gasteiger partial charge in [0.05, 0.1) is 0 Å². The van der Waals surface area contributed by atoms with Gasteiger partial charge in [0, 0.05) is 35.0 Å². The smallest absolute Gasteiger partial charge is 0.125 e. The van der Waals surface area contributed by atoms with Gasteiger partial charge in [-0.3, -0.25) is 0 Å². The van der Waals surface area contributed by atoms with Crippen LogP contribution in [0.5, 0.6) is 0 Å². The topological polar surface area (TPSA) is 12.5 Å². The molecule has 0 aromatic heterocycles. The highest BCUT2D eigenvalue weighted by atomic mass is 16.5. The number of rotatable bonds is 3. The second-order valence-electron chi connectivity index (χ2n) is 16.1. The van der Waals surface area contributed by atoms with E-state index in [0.717, 1.165) is 38.0 Å². The maximum Gasteiger partial charge on any atom is 0.125 e. The van der Waals surface area contributed by atoms with Crippen LogP contribution in [-0.2, 0) is 4.74 Å². The van der Waals surface area contributed by atoms with Gasteiger partial charge >= 0.3 is 0 Å². The van der Waals surface area contributed by atoms with E-state index in [4.69, 9.17) is 4.74 Å². The predicted octanol–water partition coefficient (Wildman–Crippen LogP) is 10.0. The Morgan fingerprint density at radius 3 is 2.61 bits per heavy atom. The van der Waals surface area contributed by atoms with Gasteiger partial charge < -0.3 is 9.64 Å². The van der Waals surface area contributed by atoms with Gasteiger partial charge in [0.2, 0.25) is 0 Å². The molecule has 0 bridgehead atoms. The molecule has 0 amide bonds. The van der Waals surface area contributed by atoms with Gasteiger partial charge in [-0.2, -0.15) is 0 Å². The maximum atomic E-state index is 6.65. The average Bonchev–Trinajstić information content (AvgIpc) is 3.71. The summed E-state index contributed by atoms with van der Waals surface area (Å²) >= 11 is 0. The summed E-state index contributed by atoms with van der Waals surface area (Å²) < 4.78 is 6.65. The Hall–Kier alpha value is -3.26. The summed E-state index contributed by atoms with van der Waals surface area (Å²) in [5.41, 5.74) is 7.06. The van der Waals surface area contributed by atoms with Crippen molar-refractivity contribution in [3.05, 3.63) is 131 Å². The Balaban J connectivity index is 1.11. The van der Waals surface area contributed by atoms with Crippen LogP contribution >= 0.6 is 0 Å². The van der Waals surface area contributed by atoms with Gasteiger partial charge in [0.25, 0.3) is 0 Å². The fourth-order valence-corrected chi connectivity index (χ4v) is 13.0. The quantitative estimate of drug-likeness (QED) is 0.296. The Morgan fingerprint density at radius 2 is 1.67 bits per heavy atom. The highest BCUT2D eigenvalue weighted by Crippen LogP contribution is 2.78. The highest BCUT2D eigenvalue weighted by molar-refractivity contribution is 5.52. The number of ether oxygens (including phenoxy) is 1. The maximum absolute atomic E-state index is 6.65. The first-order valence-corrected chi connectivity index (χ1v) is 18.7. The lowest BCUT2D eigenvalue weighted by molar-refractivity contribution is -0.0107. The standard InChI is InChI=1S/C44H49NO/c1-43-27-12-11-19-35(43)33-17-6-9-21-37(33)44(43)36-20-8-5-16-31(36)32-26-25-30(28-38(32)44)45(29-14-3-2-4-15-29)39-22-13-24-41-42(39)34-18-7-10-23-40(34)46-41/h3,5-6,9-17,21,23-26,30,32-33,35,37-39,41-42H,2,4,7-8,18-20,22,27-28H2,1H3. The number of fused-ring (bicyclic) bond motifs is 11. The molecule has 11 atom stereocenters. The van der Waals surface area contributed by atoms with Crippen molar-refractivity contribution in [3.63, 3.8) is 0 Å². The molecule has 9 aliphatic carbocycles. The second-order valence-corrected chi connectivity index (χ2v) is 16.1. The van der Waals surface area contributed by atoms with Crippen LogP contribution in [0, 0.1) is 46.3 Å². The van der Waals surface area contributed by atoms with Crippen molar-refractivity contribution >= 4 is 0 Å². The van der Waals surface area contributed by atoms with Gasteiger partial charge in [-0.1, -0.05) is 97.6 Å². The number of allylic oxidation sites excluding steroid dienone is 16. The van der Waals surface area contributed by atoms with Crippen molar-refractivity contribution in [2.24, 2.45) is 46.3 Å². The molecule has 10 aliphatic rings. The minimum absolute atomic E-state index is 0.169. The van der Waals surface area contributed by atoms with Crippen LogP contribution in [0.2, 0.25) is 0 Å². The van der Waals surface area contributed by atoms with Crippen molar-refractivity contribution in [3.8, 4) is 0 Å². The Bertz CT molecular complexity index is 1670. The van der Waals surface area contributed by atoms with Crippen LogP contribution < -0.4 is 0 Å². The Labute approximate surface area is 276 Å². The summed E-state index contributed by atoms with van der Waals surface area (Å²) in [6.07, 6.45) is 54.4. The summed E-state index contributed by atoms with van der Waals surface area (Å²) in [6, 6.07) is 0.811. The molecule has 1 heterocycles. The van der Waals surface area contributed by atoms with Crippen molar-refractivity contribution in [2.75, 3.05) is 0 Å². The molecule has 10 rings (SSSR count). The fourth-order valence-electron chi connectivity index (χ4n) is 13.0. The molecule has 1 aliphatic heterocycles. The highest BCUT2D eigenvalue weighted by Gasteiger charge is 2.72. The van der Waals surface area contributed by atoms with Gasteiger partial charge in [-0.15, -0.1) is 0 Å². The minimum atomic E-state index is 0.169. The lowest BCUT2D eigenvalue weighted by Gasteiger charge is -2.56. The van der Waals surface area contributed by atoms with Gasteiger partial charge in [-0.05, 0) is 123 Å². The molecule has 0 aromatic carbocycles. The normalized spacial score (nSPS) is 45.3. The first kappa shape index (κ1) is 27.8. The Kier molecular flexibility index (Phi) is 6.27. The molecule has 0 radical (unpaired) electrons. The zero-order valence-corrected chi connectivity index (χ0v) is 27.4. The zero-order valence-electron chi connectivity index (χ0n) is 27.4. The van der Waals surface area contributed by atoms with Crippen molar-refractivity contribution in [2.45, 2.75) is 89.3 Å². The summed E-state index contributed by atoms with van der Waals surface area (Å²) in [7, 11) is 0. The van der Waals surface area contributed by atoms with E-state index in [1.165, 1.54) is 43.6 Å². The molecular weight excluding hydrogens is 558 g/mol. The summed E-state index contributed by atoms with van der Waals surface area (Å²) in [5, 5.41) is 0. The van der Waals surface area contributed by atoms with Gasteiger partial charge in [0.15, 0.2) is 0 Å². The van der Waals surface area contributed by atoms with Crippen LogP contribution in [0.15, 0.2) is 131 Å². The molecule has 1 saturated carbocycles. The fraction of sp³-hybridized carbons (Fsp3) is 0.500. The molecular formula is C44H49NO. The van der Waals surface area contributed by atoms with E-state index in [0.29, 0.717) is 41.7 Å². The lowest BCUT2D eigenvalue weighted by atomic mass is 9.49. The molecule has 236 valence electrons. The average molecular weight is 608 g/mol. The number of hydrogen-bond donors (Lipinski definition) is 0. The van der Waals surface area contributed by atoms with Crippen molar-refractivity contribution in [1.82, 2.24) is 4.90 Å². The van der Waals surface area contributed by atoms with Crippen molar-refractivity contribution < 1.29 is 4.74 Å². The zero-order chi connectivity index (χ0) is 30.5. The van der Waals surface area contributed by atoms with Crippen molar-refractivity contribution in [1.29, 1.82) is 0 Å². The van der Waals surface area contributed by atoms with E-state index in [1.807, 2.05) is 5.57 Å². The molecule has 46 heavy (non-hydrogen) atoms. The van der Waals surface area contributed by atoms with E-state index in [-0.39, 0.29) is 16.9 Å². The molecule has 0 saturated heterocycles. The van der Waals surface area contributed by atoms with Gasteiger partial charge in [0.1, 0.15) is 11.9 Å². The number of hydrogen-bond acceptors (Lipinski definition) is 2. The first-order valence-electron chi connectivity index (χ1n) is 18.7. The second kappa shape index (κ2) is 10.4. The monoisotopic (exact) mass is 607 g/mol. The molecule has 2 nitrogen and oxygen atoms in total. The predicted molar refractivity (Wildman–Crippen MR) is 187 cm³/mol. The van der Waals surface area contributed by atoms with Crippen LogP contribution in [0.1, 0.15) is 71.1 Å². The van der Waals surface area contributed by atoms with Crippen LogP contribution in [0.4, 0.5) is 0 Å². The molecule has 11 unspecified atom stereocenters.